The van der Waals surface area contributed by atoms with Gasteiger partial charge in [0, 0.05) is 11.1 Å². The van der Waals surface area contributed by atoms with Gasteiger partial charge in [-0.25, -0.2) is 9.79 Å². The topological polar surface area (TPSA) is 47.9 Å². The van der Waals surface area contributed by atoms with Gasteiger partial charge < -0.3 is 9.47 Å². The second-order valence-corrected chi connectivity index (χ2v) is 7.65. The molecule has 0 saturated heterocycles. The number of nitrogens with zero attached hydrogens (tertiary/aromatic N) is 1. The Hall–Kier alpha value is -4.18. The van der Waals surface area contributed by atoms with Gasteiger partial charge in [-0.3, -0.25) is 0 Å². The quantitative estimate of drug-likeness (QED) is 0.291. The second kappa shape index (κ2) is 8.52. The van der Waals surface area contributed by atoms with E-state index in [4.69, 9.17) is 9.47 Å². The summed E-state index contributed by atoms with van der Waals surface area (Å²) in [5.74, 6) is 0.526. The van der Waals surface area contributed by atoms with Crippen molar-refractivity contribution in [3.63, 3.8) is 0 Å². The van der Waals surface area contributed by atoms with Crippen LogP contribution in [-0.2, 0) is 16.1 Å². The van der Waals surface area contributed by atoms with Crippen LogP contribution in [-0.4, -0.2) is 11.9 Å². The van der Waals surface area contributed by atoms with E-state index in [2.05, 4.69) is 18.0 Å². The molecule has 0 bridgehead atoms. The average molecular weight is 419 g/mol. The number of para-hydroxylation sites is 1. The molecule has 0 saturated carbocycles. The van der Waals surface area contributed by atoms with E-state index >= 15 is 0 Å². The highest BCUT2D eigenvalue weighted by atomic mass is 16.6. The molecule has 0 fully saturated rings. The Balaban J connectivity index is 1.42. The van der Waals surface area contributed by atoms with E-state index < -0.39 is 5.97 Å². The first-order valence-corrected chi connectivity index (χ1v) is 10.5. The fraction of sp³-hybridized carbons (Fsp3) is 0.0714. The maximum absolute atomic E-state index is 12.5. The van der Waals surface area contributed by atoms with Crippen molar-refractivity contribution in [1.82, 2.24) is 0 Å². The summed E-state index contributed by atoms with van der Waals surface area (Å²) in [7, 11) is 0. The molecular formula is C28H21NO3. The van der Waals surface area contributed by atoms with Crippen molar-refractivity contribution in [3.05, 3.63) is 119 Å². The van der Waals surface area contributed by atoms with Crippen molar-refractivity contribution in [2.45, 2.75) is 13.5 Å². The van der Waals surface area contributed by atoms with Crippen LogP contribution in [0.4, 0.5) is 0 Å². The predicted octanol–water partition coefficient (Wildman–Crippen LogP) is 6.07. The van der Waals surface area contributed by atoms with Crippen molar-refractivity contribution in [1.29, 1.82) is 0 Å². The Labute approximate surface area is 186 Å². The third kappa shape index (κ3) is 4.03. The Bertz CT molecular complexity index is 1380. The number of carbonyl (C=O) groups is 1. The average Bonchev–Trinajstić information content (AvgIpc) is 3.19. The summed E-state index contributed by atoms with van der Waals surface area (Å²) < 4.78 is 11.5. The first kappa shape index (κ1) is 19.8. The van der Waals surface area contributed by atoms with E-state index in [9.17, 15) is 4.79 Å². The van der Waals surface area contributed by atoms with E-state index in [1.54, 1.807) is 6.08 Å². The normalized spacial score (nSPS) is 14.5. The summed E-state index contributed by atoms with van der Waals surface area (Å²) in [5, 5.41) is 2.19. The summed E-state index contributed by atoms with van der Waals surface area (Å²) >= 11 is 0. The van der Waals surface area contributed by atoms with Gasteiger partial charge in [-0.05, 0) is 53.1 Å². The van der Waals surface area contributed by atoms with Crippen molar-refractivity contribution < 1.29 is 14.3 Å². The lowest BCUT2D eigenvalue weighted by Gasteiger charge is -2.11. The molecule has 4 heteroatoms. The van der Waals surface area contributed by atoms with Crippen LogP contribution < -0.4 is 4.74 Å². The minimum absolute atomic E-state index is 0.250. The molecule has 0 atom stereocenters. The van der Waals surface area contributed by atoms with Crippen molar-refractivity contribution in [3.8, 4) is 5.75 Å². The van der Waals surface area contributed by atoms with Gasteiger partial charge >= 0.3 is 5.97 Å². The lowest BCUT2D eigenvalue weighted by Crippen LogP contribution is -2.05. The molecule has 0 aliphatic carbocycles. The van der Waals surface area contributed by atoms with Crippen LogP contribution in [0.2, 0.25) is 0 Å². The maximum atomic E-state index is 12.5. The molecule has 5 rings (SSSR count). The lowest BCUT2D eigenvalue weighted by atomic mass is 10.1. The minimum atomic E-state index is -0.470. The van der Waals surface area contributed by atoms with Gasteiger partial charge in [-0.2, -0.15) is 0 Å². The smallest absolute Gasteiger partial charge is 0.363 e. The van der Waals surface area contributed by atoms with E-state index in [-0.39, 0.29) is 5.70 Å². The van der Waals surface area contributed by atoms with E-state index in [0.29, 0.717) is 18.3 Å². The van der Waals surface area contributed by atoms with Gasteiger partial charge in [0.05, 0.1) is 0 Å². The van der Waals surface area contributed by atoms with Crippen molar-refractivity contribution in [2.75, 3.05) is 0 Å². The summed E-state index contributed by atoms with van der Waals surface area (Å²) in [6.45, 7) is 2.51. The highest BCUT2D eigenvalue weighted by Gasteiger charge is 2.24. The molecule has 0 unspecified atom stereocenters. The SMILES string of the molecule is Cc1ccccc1COc1ccccc1C=C1N=C(c2ccc3ccccc3c2)OC1=O. The van der Waals surface area contributed by atoms with E-state index in [0.717, 1.165) is 27.5 Å². The Morgan fingerprint density at radius 2 is 1.62 bits per heavy atom. The summed E-state index contributed by atoms with van der Waals surface area (Å²) in [6, 6.07) is 29.6. The third-order valence-corrected chi connectivity index (χ3v) is 5.47. The van der Waals surface area contributed by atoms with Gasteiger partial charge in [0.15, 0.2) is 5.70 Å². The molecule has 32 heavy (non-hydrogen) atoms. The number of hydrogen-bond acceptors (Lipinski definition) is 4. The number of aliphatic imine (C=N–C) groups is 1. The molecule has 156 valence electrons. The van der Waals surface area contributed by atoms with Crippen LogP contribution in [0, 0.1) is 6.92 Å². The van der Waals surface area contributed by atoms with Crippen LogP contribution in [0.3, 0.4) is 0 Å². The van der Waals surface area contributed by atoms with E-state index in [1.807, 2.05) is 84.9 Å². The number of esters is 1. The summed E-state index contributed by atoms with van der Waals surface area (Å²) in [4.78, 5) is 17.0. The highest BCUT2D eigenvalue weighted by molar-refractivity contribution is 6.13. The number of benzene rings is 4. The molecule has 0 aromatic heterocycles. The summed E-state index contributed by atoms with van der Waals surface area (Å²) in [6.07, 6.45) is 1.71. The zero-order valence-corrected chi connectivity index (χ0v) is 17.6. The van der Waals surface area contributed by atoms with Gasteiger partial charge in [-0.15, -0.1) is 0 Å². The van der Waals surface area contributed by atoms with Crippen LogP contribution >= 0.6 is 0 Å². The Morgan fingerprint density at radius 1 is 0.875 bits per heavy atom. The molecule has 0 radical (unpaired) electrons. The highest BCUT2D eigenvalue weighted by Crippen LogP contribution is 2.26. The predicted molar refractivity (Wildman–Crippen MR) is 127 cm³/mol. The number of ether oxygens (including phenoxy) is 2. The number of rotatable bonds is 5. The second-order valence-electron chi connectivity index (χ2n) is 7.65. The number of cyclic esters (lactones) is 1. The van der Waals surface area contributed by atoms with Crippen LogP contribution in [0.5, 0.6) is 5.75 Å². The number of carbonyl (C=O) groups excluding carboxylic acids is 1. The van der Waals surface area contributed by atoms with Gasteiger partial charge in [0.2, 0.25) is 5.90 Å². The van der Waals surface area contributed by atoms with Gasteiger partial charge in [-0.1, -0.05) is 72.8 Å². The Morgan fingerprint density at radius 3 is 2.50 bits per heavy atom. The first-order chi connectivity index (χ1) is 15.7. The fourth-order valence-electron chi connectivity index (χ4n) is 3.66. The monoisotopic (exact) mass is 419 g/mol. The number of fused-ring (bicyclic) bond motifs is 1. The zero-order valence-electron chi connectivity index (χ0n) is 17.6. The molecular weight excluding hydrogens is 398 g/mol. The van der Waals surface area contributed by atoms with Crippen LogP contribution in [0.15, 0.2) is 102 Å². The molecule has 0 spiro atoms. The summed E-state index contributed by atoms with van der Waals surface area (Å²) in [5.41, 5.74) is 4.08. The van der Waals surface area contributed by atoms with Gasteiger partial charge in [0.25, 0.3) is 0 Å². The first-order valence-electron chi connectivity index (χ1n) is 10.5. The van der Waals surface area contributed by atoms with Crippen molar-refractivity contribution in [2.24, 2.45) is 4.99 Å². The standard InChI is InChI=1S/C28H21NO3/c1-19-8-2-3-12-24(19)18-31-26-13-7-6-11-22(26)17-25-28(30)32-27(29-25)23-15-14-20-9-4-5-10-21(20)16-23/h2-17H,18H2,1H3. The molecule has 1 aliphatic heterocycles. The molecule has 1 aliphatic rings. The number of aryl methyl sites for hydroxylation is 1. The van der Waals surface area contributed by atoms with E-state index in [1.165, 1.54) is 5.56 Å². The van der Waals surface area contributed by atoms with Crippen LogP contribution in [0.1, 0.15) is 22.3 Å². The van der Waals surface area contributed by atoms with Crippen molar-refractivity contribution >= 4 is 28.7 Å². The fourth-order valence-corrected chi connectivity index (χ4v) is 3.66. The van der Waals surface area contributed by atoms with Crippen LogP contribution in [0.25, 0.3) is 16.8 Å². The molecule has 0 N–H and O–H groups in total. The zero-order chi connectivity index (χ0) is 21.9. The largest absolute Gasteiger partial charge is 0.488 e. The minimum Gasteiger partial charge on any atom is -0.488 e. The molecule has 4 aromatic carbocycles. The molecule has 1 heterocycles. The third-order valence-electron chi connectivity index (χ3n) is 5.47. The Kier molecular flexibility index (Phi) is 5.26. The molecule has 4 aromatic rings. The number of hydrogen-bond donors (Lipinski definition) is 0. The lowest BCUT2D eigenvalue weighted by molar-refractivity contribution is -0.129. The van der Waals surface area contributed by atoms with Gasteiger partial charge in [0.1, 0.15) is 12.4 Å². The molecule has 0 amide bonds. The molecule has 4 nitrogen and oxygen atoms in total. The maximum Gasteiger partial charge on any atom is 0.363 e.